The smallest absolute Gasteiger partial charge is 0.402 e. The normalized spacial score (nSPS) is 14.6. The van der Waals surface area contributed by atoms with Gasteiger partial charge in [0.1, 0.15) is 0 Å². The Morgan fingerprint density at radius 2 is 1.46 bits per heavy atom. The van der Waals surface area contributed by atoms with Gasteiger partial charge in [-0.05, 0) is 54.1 Å². The third-order valence-electron chi connectivity index (χ3n) is 6.58. The molecule has 0 amide bonds. The fourth-order valence-electron chi connectivity index (χ4n) is 5.02. The summed E-state index contributed by atoms with van der Waals surface area (Å²) in [4.78, 5) is 0. The molecule has 3 unspecified atom stereocenters. The van der Waals surface area contributed by atoms with Crippen molar-refractivity contribution in [3.63, 3.8) is 0 Å². The van der Waals surface area contributed by atoms with Crippen LogP contribution >= 0.6 is 0 Å². The Bertz CT molecular complexity index is 509. The minimum atomic E-state index is -2.17. The molecule has 0 fully saturated rings. The summed E-state index contributed by atoms with van der Waals surface area (Å²) in [6, 6.07) is 8.36. The van der Waals surface area contributed by atoms with Crippen LogP contribution in [0.4, 0.5) is 5.69 Å². The molecule has 1 aromatic rings. The molecule has 5 heteroatoms. The van der Waals surface area contributed by atoms with Crippen LogP contribution in [0.2, 0.25) is 0 Å². The van der Waals surface area contributed by atoms with E-state index in [0.717, 1.165) is 23.9 Å². The first-order valence-electron chi connectivity index (χ1n) is 11.0. The maximum Gasteiger partial charge on any atom is 0.631 e. The molecular weight excluding hydrogens is 349 g/mol. The van der Waals surface area contributed by atoms with E-state index in [-0.39, 0.29) is 0 Å². The molecule has 0 aliphatic carbocycles. The molecule has 162 valence electrons. The van der Waals surface area contributed by atoms with Crippen molar-refractivity contribution in [2.75, 3.05) is 5.73 Å². The monoisotopic (exact) mass is 393 g/mol. The van der Waals surface area contributed by atoms with Gasteiger partial charge in [-0.1, -0.05) is 85.4 Å². The van der Waals surface area contributed by atoms with E-state index in [1.807, 2.05) is 12.1 Å². The van der Waals surface area contributed by atoms with Gasteiger partial charge in [-0.25, -0.2) is 0 Å². The highest BCUT2D eigenvalue weighted by molar-refractivity contribution is 6.30. The van der Waals surface area contributed by atoms with E-state index >= 15 is 0 Å². The standard InChI is InChI=1S/C23H41N.BH3O3/c1-7-13-21(23(8-2,9-3)10-4)19(6)16-18(5)17-20-14-11-12-15-22(20)24;2-1(3)4/h11-12,14-15,18-19,21H,7-10,13,16-17,24H2,1-6H3;2-4H. The molecule has 3 atom stereocenters. The minimum absolute atomic E-state index is 0.529. The SMILES string of the molecule is CCCC(C(C)CC(C)Cc1ccccc1N)C(CC)(CC)CC.OB(O)O. The second kappa shape index (κ2) is 14.0. The summed E-state index contributed by atoms with van der Waals surface area (Å²) in [6.07, 6.45) is 9.03. The number of nitrogen functional groups attached to an aromatic ring is 1. The van der Waals surface area contributed by atoms with Crippen LogP contribution in [0.25, 0.3) is 0 Å². The molecule has 4 nitrogen and oxygen atoms in total. The van der Waals surface area contributed by atoms with Crippen LogP contribution < -0.4 is 5.73 Å². The van der Waals surface area contributed by atoms with Gasteiger partial charge in [-0.3, -0.25) is 0 Å². The van der Waals surface area contributed by atoms with E-state index < -0.39 is 7.32 Å². The third-order valence-corrected chi connectivity index (χ3v) is 6.58. The molecule has 0 heterocycles. The largest absolute Gasteiger partial charge is 0.631 e. The fraction of sp³-hybridized carbons (Fsp3) is 0.739. The van der Waals surface area contributed by atoms with E-state index in [9.17, 15) is 0 Å². The number of anilines is 1. The van der Waals surface area contributed by atoms with Gasteiger partial charge in [0.05, 0.1) is 0 Å². The van der Waals surface area contributed by atoms with Crippen molar-refractivity contribution in [2.45, 2.75) is 86.5 Å². The zero-order chi connectivity index (χ0) is 21.7. The maximum atomic E-state index is 7.17. The van der Waals surface area contributed by atoms with E-state index in [1.54, 1.807) is 0 Å². The van der Waals surface area contributed by atoms with Gasteiger partial charge in [0, 0.05) is 5.69 Å². The van der Waals surface area contributed by atoms with Crippen molar-refractivity contribution in [2.24, 2.45) is 23.2 Å². The van der Waals surface area contributed by atoms with Crippen LogP contribution in [0.3, 0.4) is 0 Å². The topological polar surface area (TPSA) is 86.7 Å². The molecule has 0 spiro atoms. The summed E-state index contributed by atoms with van der Waals surface area (Å²) in [5.74, 6) is 2.31. The molecule has 0 bridgehead atoms. The molecular formula is C23H44BNO3. The Balaban J connectivity index is 0.00000165. The van der Waals surface area contributed by atoms with Crippen molar-refractivity contribution in [1.29, 1.82) is 0 Å². The second-order valence-corrected chi connectivity index (χ2v) is 8.39. The summed E-state index contributed by atoms with van der Waals surface area (Å²) in [7, 11) is -2.17. The highest BCUT2D eigenvalue weighted by Gasteiger charge is 2.36. The van der Waals surface area contributed by atoms with Gasteiger partial charge in [0.25, 0.3) is 0 Å². The molecule has 0 aromatic heterocycles. The van der Waals surface area contributed by atoms with Crippen molar-refractivity contribution in [1.82, 2.24) is 0 Å². The number of nitrogens with two attached hydrogens (primary N) is 1. The number of hydrogen-bond acceptors (Lipinski definition) is 4. The van der Waals surface area contributed by atoms with Crippen molar-refractivity contribution < 1.29 is 15.1 Å². The molecule has 1 aromatic carbocycles. The summed E-state index contributed by atoms with van der Waals surface area (Å²) < 4.78 is 0. The Kier molecular flexibility index (Phi) is 13.5. The van der Waals surface area contributed by atoms with E-state index in [0.29, 0.717) is 11.3 Å². The molecule has 0 aliphatic rings. The predicted molar refractivity (Wildman–Crippen MR) is 122 cm³/mol. The van der Waals surface area contributed by atoms with E-state index in [1.165, 1.54) is 44.1 Å². The first-order valence-corrected chi connectivity index (χ1v) is 11.0. The highest BCUT2D eigenvalue weighted by atomic mass is 16.5. The van der Waals surface area contributed by atoms with Crippen molar-refractivity contribution in [3.05, 3.63) is 29.8 Å². The summed E-state index contributed by atoms with van der Waals surface area (Å²) >= 11 is 0. The first kappa shape index (κ1) is 27.0. The van der Waals surface area contributed by atoms with Gasteiger partial charge in [0.2, 0.25) is 0 Å². The summed E-state index contributed by atoms with van der Waals surface area (Å²) in [6.45, 7) is 14.4. The van der Waals surface area contributed by atoms with Crippen LogP contribution in [0.1, 0.15) is 85.6 Å². The van der Waals surface area contributed by atoms with Gasteiger partial charge in [-0.2, -0.15) is 0 Å². The Labute approximate surface area is 173 Å². The lowest BCUT2D eigenvalue weighted by atomic mass is 9.62. The Morgan fingerprint density at radius 1 is 0.964 bits per heavy atom. The van der Waals surface area contributed by atoms with Crippen LogP contribution in [-0.2, 0) is 6.42 Å². The second-order valence-electron chi connectivity index (χ2n) is 8.39. The lowest BCUT2D eigenvalue weighted by Gasteiger charge is -2.43. The quantitative estimate of drug-likeness (QED) is 0.313. The molecule has 0 radical (unpaired) electrons. The van der Waals surface area contributed by atoms with Crippen LogP contribution in [-0.4, -0.2) is 22.4 Å². The predicted octanol–water partition coefficient (Wildman–Crippen LogP) is 5.05. The molecule has 0 saturated heterocycles. The number of hydrogen-bond donors (Lipinski definition) is 4. The number of benzene rings is 1. The summed E-state index contributed by atoms with van der Waals surface area (Å²) in [5.41, 5.74) is 8.94. The van der Waals surface area contributed by atoms with E-state index in [4.69, 9.17) is 20.8 Å². The Morgan fingerprint density at radius 3 is 1.89 bits per heavy atom. The molecule has 0 saturated carbocycles. The molecule has 0 aliphatic heterocycles. The number of rotatable bonds is 11. The number of para-hydroxylation sites is 1. The van der Waals surface area contributed by atoms with E-state index in [2.05, 4.69) is 53.7 Å². The van der Waals surface area contributed by atoms with Crippen LogP contribution in [0.5, 0.6) is 0 Å². The van der Waals surface area contributed by atoms with Gasteiger partial charge < -0.3 is 20.8 Å². The zero-order valence-corrected chi connectivity index (χ0v) is 19.0. The lowest BCUT2D eigenvalue weighted by Crippen LogP contribution is -2.34. The Hall–Kier alpha value is -1.04. The van der Waals surface area contributed by atoms with Gasteiger partial charge in [-0.15, -0.1) is 0 Å². The minimum Gasteiger partial charge on any atom is -0.402 e. The maximum absolute atomic E-state index is 7.17. The average molecular weight is 393 g/mol. The zero-order valence-electron chi connectivity index (χ0n) is 19.0. The first-order chi connectivity index (χ1) is 13.2. The van der Waals surface area contributed by atoms with Crippen LogP contribution in [0, 0.1) is 23.2 Å². The fourth-order valence-corrected chi connectivity index (χ4v) is 5.02. The third kappa shape index (κ3) is 8.98. The molecule has 5 N–H and O–H groups in total. The van der Waals surface area contributed by atoms with Gasteiger partial charge >= 0.3 is 7.32 Å². The molecule has 28 heavy (non-hydrogen) atoms. The summed E-state index contributed by atoms with van der Waals surface area (Å²) in [5, 5.41) is 21.5. The highest BCUT2D eigenvalue weighted by Crippen LogP contribution is 2.46. The van der Waals surface area contributed by atoms with Crippen molar-refractivity contribution >= 4 is 13.0 Å². The molecule has 1 rings (SSSR count). The van der Waals surface area contributed by atoms with Gasteiger partial charge in [0.15, 0.2) is 0 Å². The van der Waals surface area contributed by atoms with Crippen molar-refractivity contribution in [3.8, 4) is 0 Å². The lowest BCUT2D eigenvalue weighted by molar-refractivity contribution is 0.0684. The average Bonchev–Trinajstić information content (AvgIpc) is 2.64. The van der Waals surface area contributed by atoms with Crippen LogP contribution in [0.15, 0.2) is 24.3 Å².